The van der Waals surface area contributed by atoms with E-state index in [0.29, 0.717) is 64.4 Å². The number of nitrogens with zero attached hydrogens (tertiary/aromatic N) is 1. The Labute approximate surface area is 316 Å². The number of aliphatic hydroxyl groups is 3. The number of hydrogen-bond acceptors (Lipinski definition) is 17. The van der Waals surface area contributed by atoms with Gasteiger partial charge in [-0.3, -0.25) is 4.90 Å². The first-order chi connectivity index (χ1) is 24.8. The maximum atomic E-state index is 10.7. The van der Waals surface area contributed by atoms with Crippen molar-refractivity contribution >= 4 is 17.6 Å². The van der Waals surface area contributed by atoms with E-state index in [0.717, 1.165) is 45.7 Å². The molecule has 314 valence electrons. The van der Waals surface area contributed by atoms with Gasteiger partial charge in [0.15, 0.2) is 0 Å². The van der Waals surface area contributed by atoms with E-state index in [9.17, 15) is 15.3 Å². The zero-order valence-electron chi connectivity index (χ0n) is 33.8. The Bertz CT molecular complexity index is 788. The second-order valence-electron chi connectivity index (χ2n) is 13.5. The Morgan fingerprint density at radius 3 is 1.38 bits per heavy atom. The molecule has 0 aliphatic rings. The van der Waals surface area contributed by atoms with Crippen LogP contribution >= 0.6 is 0 Å². The molecular formula is C33H77N5O12Si2. The van der Waals surface area contributed by atoms with Gasteiger partial charge in [0.1, 0.15) is 0 Å². The fraction of sp³-hybridized carbons (Fsp3) is 1.00. The lowest BCUT2D eigenvalue weighted by Crippen LogP contribution is -2.44. The number of nitrogens with one attached hydrogen (secondary N) is 4. The molecule has 0 radical (unpaired) electrons. The van der Waals surface area contributed by atoms with Crippen molar-refractivity contribution < 1.29 is 56.1 Å². The number of aliphatic hydroxyl groups excluding tert-OH is 3. The van der Waals surface area contributed by atoms with Gasteiger partial charge in [0.2, 0.25) is 0 Å². The molecule has 0 aliphatic heterocycles. The minimum Gasteiger partial charge on any atom is -0.389 e. The van der Waals surface area contributed by atoms with Gasteiger partial charge in [0.25, 0.3) is 0 Å². The summed E-state index contributed by atoms with van der Waals surface area (Å²) in [6, 6.07) is 1.29. The predicted molar refractivity (Wildman–Crippen MR) is 206 cm³/mol. The van der Waals surface area contributed by atoms with Crippen molar-refractivity contribution in [2.24, 2.45) is 0 Å². The van der Waals surface area contributed by atoms with Gasteiger partial charge in [0, 0.05) is 140 Å². The lowest BCUT2D eigenvalue weighted by atomic mass is 10.2. The topological polar surface area (TPSA) is 195 Å². The van der Waals surface area contributed by atoms with Crippen LogP contribution < -0.4 is 21.3 Å². The predicted octanol–water partition coefficient (Wildman–Crippen LogP) is -0.886. The molecule has 17 nitrogen and oxygen atoms in total. The SMILES string of the molecule is CO[Si](CCCOCC(O)CNCCNCCNCCN(CCNCC(O)COC(C)(C)C)CC(O)COCCC[Si](OC)(OC)OC)(OC)OC. The first kappa shape index (κ1) is 51.8. The van der Waals surface area contributed by atoms with Crippen molar-refractivity contribution in [3.63, 3.8) is 0 Å². The number of ether oxygens (including phenoxy) is 3. The smallest absolute Gasteiger partial charge is 0.389 e. The van der Waals surface area contributed by atoms with Crippen LogP contribution in [0, 0.1) is 0 Å². The van der Waals surface area contributed by atoms with Crippen LogP contribution in [0.15, 0.2) is 0 Å². The third kappa shape index (κ3) is 27.4. The molecule has 0 fully saturated rings. The van der Waals surface area contributed by atoms with Gasteiger partial charge in [-0.15, -0.1) is 0 Å². The van der Waals surface area contributed by atoms with Crippen LogP contribution in [0.1, 0.15) is 33.6 Å². The van der Waals surface area contributed by atoms with Gasteiger partial charge in [-0.2, -0.15) is 0 Å². The van der Waals surface area contributed by atoms with E-state index in [1.807, 2.05) is 20.8 Å². The minimum absolute atomic E-state index is 0.226. The standard InChI is InChI=1S/C33H77N5O12Si2/c1-33(2,3)50-29-31(40)25-37-17-19-38(26-32(41)28-49-21-11-23-52(45-7,46-8)47-9)18-16-35-13-12-34-14-15-36-24-30(39)27-48-20-10-22-51(42-4,43-5)44-6/h30-32,34-37,39-41H,10-29H2,1-9H3. The van der Waals surface area contributed by atoms with Crippen molar-refractivity contribution in [1.82, 2.24) is 26.2 Å². The summed E-state index contributed by atoms with van der Waals surface area (Å²) in [5.41, 5.74) is -0.297. The van der Waals surface area contributed by atoms with Gasteiger partial charge >= 0.3 is 17.6 Å². The molecule has 0 aliphatic carbocycles. The molecule has 0 bridgehead atoms. The summed E-state index contributed by atoms with van der Waals surface area (Å²) in [5, 5.41) is 44.5. The van der Waals surface area contributed by atoms with Crippen LogP contribution in [0.25, 0.3) is 0 Å². The van der Waals surface area contributed by atoms with Crippen LogP contribution in [0.4, 0.5) is 0 Å². The molecule has 0 spiro atoms. The Balaban J connectivity index is 4.31. The summed E-state index contributed by atoms with van der Waals surface area (Å²) in [5.74, 6) is 0. The van der Waals surface area contributed by atoms with Crippen molar-refractivity contribution in [1.29, 1.82) is 0 Å². The molecule has 0 saturated carbocycles. The third-order valence-electron chi connectivity index (χ3n) is 8.13. The van der Waals surface area contributed by atoms with E-state index < -0.39 is 35.9 Å². The Morgan fingerprint density at radius 1 is 0.538 bits per heavy atom. The van der Waals surface area contributed by atoms with E-state index in [4.69, 9.17) is 40.8 Å². The Hall–Kier alpha value is -0.246. The zero-order valence-corrected chi connectivity index (χ0v) is 35.8. The molecular weight excluding hydrogens is 715 g/mol. The lowest BCUT2D eigenvalue weighted by molar-refractivity contribution is -0.0479. The molecule has 3 unspecified atom stereocenters. The molecule has 0 amide bonds. The summed E-state index contributed by atoms with van der Waals surface area (Å²) in [6.07, 6.45) is -0.384. The van der Waals surface area contributed by atoms with Crippen LogP contribution in [0.2, 0.25) is 12.1 Å². The highest BCUT2D eigenvalue weighted by Gasteiger charge is 2.37. The second-order valence-corrected chi connectivity index (χ2v) is 19.7. The average molecular weight is 792 g/mol. The molecule has 0 aromatic carbocycles. The molecule has 3 atom stereocenters. The van der Waals surface area contributed by atoms with Crippen molar-refractivity contribution in [2.45, 2.75) is 69.6 Å². The van der Waals surface area contributed by atoms with Crippen LogP contribution in [0.3, 0.4) is 0 Å². The first-order valence-corrected chi connectivity index (χ1v) is 22.4. The molecule has 0 aromatic rings. The Morgan fingerprint density at radius 2 is 0.923 bits per heavy atom. The molecule has 0 rings (SSSR count). The van der Waals surface area contributed by atoms with Gasteiger partial charge in [-0.25, -0.2) is 0 Å². The van der Waals surface area contributed by atoms with Gasteiger partial charge in [0.05, 0.1) is 43.7 Å². The average Bonchev–Trinajstić information content (AvgIpc) is 3.13. The van der Waals surface area contributed by atoms with E-state index >= 15 is 0 Å². The lowest BCUT2D eigenvalue weighted by Gasteiger charge is -2.26. The molecule has 0 heterocycles. The third-order valence-corrected chi connectivity index (χ3v) is 13.8. The number of rotatable bonds is 38. The van der Waals surface area contributed by atoms with E-state index in [1.54, 1.807) is 42.7 Å². The zero-order chi connectivity index (χ0) is 39.1. The van der Waals surface area contributed by atoms with Gasteiger partial charge in [-0.05, 0) is 33.6 Å². The van der Waals surface area contributed by atoms with Gasteiger partial charge < -0.3 is 77.4 Å². The van der Waals surface area contributed by atoms with Crippen LogP contribution in [-0.4, -0.2) is 209 Å². The molecule has 52 heavy (non-hydrogen) atoms. The van der Waals surface area contributed by atoms with E-state index in [-0.39, 0.29) is 25.4 Å². The maximum Gasteiger partial charge on any atom is 0.500 e. The van der Waals surface area contributed by atoms with Crippen molar-refractivity contribution in [2.75, 3.05) is 148 Å². The Kier molecular flexibility index (Phi) is 31.8. The maximum absolute atomic E-state index is 10.7. The molecule has 7 N–H and O–H groups in total. The molecule has 0 saturated heterocycles. The van der Waals surface area contributed by atoms with Crippen molar-refractivity contribution in [3.05, 3.63) is 0 Å². The summed E-state index contributed by atoms with van der Waals surface area (Å²) >= 11 is 0. The highest BCUT2D eigenvalue weighted by atomic mass is 28.4. The molecule has 0 aromatic heterocycles. The monoisotopic (exact) mass is 792 g/mol. The second kappa shape index (κ2) is 31.9. The van der Waals surface area contributed by atoms with E-state index in [1.165, 1.54) is 0 Å². The quantitative estimate of drug-likeness (QED) is 0.0301. The fourth-order valence-electron chi connectivity index (χ4n) is 5.06. The summed E-state index contributed by atoms with van der Waals surface area (Å²) in [4.78, 5) is 2.19. The molecule has 19 heteroatoms. The highest BCUT2D eigenvalue weighted by Crippen LogP contribution is 2.16. The summed E-state index contributed by atoms with van der Waals surface area (Å²) in [7, 11) is 4.34. The fourth-order valence-corrected chi connectivity index (χ4v) is 8.44. The largest absolute Gasteiger partial charge is 0.500 e. The van der Waals surface area contributed by atoms with Crippen LogP contribution in [0.5, 0.6) is 0 Å². The minimum atomic E-state index is -2.63. The normalized spacial score (nSPS) is 14.7. The van der Waals surface area contributed by atoms with Gasteiger partial charge in [-0.1, -0.05) is 0 Å². The summed E-state index contributed by atoms with van der Waals surface area (Å²) in [6.45, 7) is 14.9. The first-order valence-electron chi connectivity index (χ1n) is 18.5. The van der Waals surface area contributed by atoms with Crippen molar-refractivity contribution in [3.8, 4) is 0 Å². The van der Waals surface area contributed by atoms with E-state index in [2.05, 4.69) is 26.2 Å². The van der Waals surface area contributed by atoms with Crippen LogP contribution in [-0.2, 0) is 40.8 Å². The number of hydrogen-bond donors (Lipinski definition) is 7. The highest BCUT2D eigenvalue weighted by molar-refractivity contribution is 6.60. The summed E-state index contributed by atoms with van der Waals surface area (Å²) < 4.78 is 49.6.